The smallest absolute Gasteiger partial charge is 0.325 e. The minimum Gasteiger partial charge on any atom is -0.339 e. The van der Waals surface area contributed by atoms with E-state index >= 15 is 0 Å². The molecule has 2 heterocycles. The molecule has 6 heteroatoms. The largest absolute Gasteiger partial charge is 0.339 e. The van der Waals surface area contributed by atoms with Gasteiger partial charge in [-0.05, 0) is 60.2 Å². The summed E-state index contributed by atoms with van der Waals surface area (Å²) in [7, 11) is 0. The number of nitrogens with zero attached hydrogens (tertiary/aromatic N) is 2. The van der Waals surface area contributed by atoms with Crippen LogP contribution < -0.4 is 5.32 Å². The van der Waals surface area contributed by atoms with Crippen LogP contribution >= 0.6 is 0 Å². The van der Waals surface area contributed by atoms with Crippen molar-refractivity contribution in [2.45, 2.75) is 38.3 Å². The molecule has 2 aliphatic heterocycles. The van der Waals surface area contributed by atoms with Gasteiger partial charge in [0, 0.05) is 18.7 Å². The van der Waals surface area contributed by atoms with Crippen LogP contribution in [0.15, 0.2) is 66.7 Å². The first kappa shape index (κ1) is 21.2. The molecule has 1 N–H and O–H groups in total. The van der Waals surface area contributed by atoms with E-state index in [1.54, 1.807) is 19.1 Å². The Morgan fingerprint density at radius 2 is 1.67 bits per heavy atom. The van der Waals surface area contributed by atoms with Gasteiger partial charge in [-0.2, -0.15) is 0 Å². The maximum Gasteiger partial charge on any atom is 0.325 e. The molecular weight excluding hydrogens is 414 g/mol. The standard InChI is InChI=1S/C27H27N3O3/c1-27(23-14-8-11-20-10-3-4-13-22(20)23)25(32)30(26(33)28-27)18-19-9-7-12-21(17-19)24(31)29-15-5-2-6-16-29/h3-4,7-14,17H,2,5-6,15-16,18H2,1H3,(H,28,33). The average molecular weight is 442 g/mol. The monoisotopic (exact) mass is 441 g/mol. The molecule has 4 amide bonds. The zero-order chi connectivity index (χ0) is 23.0. The van der Waals surface area contributed by atoms with Crippen molar-refractivity contribution in [3.05, 3.63) is 83.4 Å². The number of benzene rings is 3. The van der Waals surface area contributed by atoms with Crippen LogP contribution in [0.3, 0.4) is 0 Å². The molecule has 1 unspecified atom stereocenters. The van der Waals surface area contributed by atoms with Gasteiger partial charge in [-0.25, -0.2) is 4.79 Å². The van der Waals surface area contributed by atoms with Crippen LogP contribution in [0, 0.1) is 0 Å². The van der Waals surface area contributed by atoms with Gasteiger partial charge in [0.1, 0.15) is 5.54 Å². The third kappa shape index (κ3) is 3.75. The quantitative estimate of drug-likeness (QED) is 0.609. The van der Waals surface area contributed by atoms with E-state index in [-0.39, 0.29) is 18.4 Å². The maximum absolute atomic E-state index is 13.5. The summed E-state index contributed by atoms with van der Waals surface area (Å²) in [6.07, 6.45) is 3.22. The summed E-state index contributed by atoms with van der Waals surface area (Å²) < 4.78 is 0. The number of likely N-dealkylation sites (tertiary alicyclic amines) is 1. The summed E-state index contributed by atoms with van der Waals surface area (Å²) in [5.41, 5.74) is 0.969. The van der Waals surface area contributed by atoms with Crippen molar-refractivity contribution in [3.8, 4) is 0 Å². The van der Waals surface area contributed by atoms with Crippen LogP contribution in [-0.4, -0.2) is 40.7 Å². The highest BCUT2D eigenvalue weighted by Crippen LogP contribution is 2.34. The molecule has 0 aromatic heterocycles. The molecule has 2 fully saturated rings. The highest BCUT2D eigenvalue weighted by atomic mass is 16.2. The molecule has 0 radical (unpaired) electrons. The molecule has 2 saturated heterocycles. The van der Waals surface area contributed by atoms with E-state index < -0.39 is 11.6 Å². The normalized spacial score (nSPS) is 20.9. The molecule has 3 aromatic carbocycles. The Bertz CT molecular complexity index is 1240. The van der Waals surface area contributed by atoms with E-state index in [1.165, 1.54) is 4.90 Å². The lowest BCUT2D eigenvalue weighted by Crippen LogP contribution is -2.41. The Morgan fingerprint density at radius 3 is 2.48 bits per heavy atom. The number of amides is 4. The highest BCUT2D eigenvalue weighted by molar-refractivity contribution is 6.09. The number of fused-ring (bicyclic) bond motifs is 1. The lowest BCUT2D eigenvalue weighted by atomic mass is 9.88. The Morgan fingerprint density at radius 1 is 0.939 bits per heavy atom. The molecule has 0 aliphatic carbocycles. The lowest BCUT2D eigenvalue weighted by Gasteiger charge is -2.27. The Hall–Kier alpha value is -3.67. The molecule has 0 bridgehead atoms. The minimum atomic E-state index is -1.15. The number of nitrogens with one attached hydrogen (secondary N) is 1. The number of piperidine rings is 1. The number of imide groups is 1. The van der Waals surface area contributed by atoms with Crippen LogP contribution in [0.2, 0.25) is 0 Å². The SMILES string of the molecule is CC1(c2cccc3ccccc23)NC(=O)N(Cc2cccc(C(=O)N3CCCCC3)c2)C1=O. The van der Waals surface area contributed by atoms with Crippen molar-refractivity contribution in [3.63, 3.8) is 0 Å². The summed E-state index contributed by atoms with van der Waals surface area (Å²) in [6, 6.07) is 20.5. The average Bonchev–Trinajstić information content (AvgIpc) is 3.07. The molecular formula is C27H27N3O3. The van der Waals surface area contributed by atoms with Crippen molar-refractivity contribution in [2.75, 3.05) is 13.1 Å². The molecule has 5 rings (SSSR count). The second-order valence-corrected chi connectivity index (χ2v) is 9.03. The second kappa shape index (κ2) is 8.35. The Labute approximate surface area is 193 Å². The molecule has 168 valence electrons. The van der Waals surface area contributed by atoms with Gasteiger partial charge in [-0.15, -0.1) is 0 Å². The molecule has 1 atom stereocenters. The third-order valence-corrected chi connectivity index (χ3v) is 6.76. The number of hydrogen-bond donors (Lipinski definition) is 1. The topological polar surface area (TPSA) is 69.7 Å². The van der Waals surface area contributed by atoms with Gasteiger partial charge in [0.15, 0.2) is 0 Å². The Kier molecular flexibility index (Phi) is 5.36. The van der Waals surface area contributed by atoms with Gasteiger partial charge in [-0.1, -0.05) is 54.6 Å². The van der Waals surface area contributed by atoms with Gasteiger partial charge in [-0.3, -0.25) is 14.5 Å². The van der Waals surface area contributed by atoms with Crippen LogP contribution in [0.25, 0.3) is 10.8 Å². The fraction of sp³-hybridized carbons (Fsp3) is 0.296. The molecule has 33 heavy (non-hydrogen) atoms. The van der Waals surface area contributed by atoms with E-state index in [1.807, 2.05) is 59.5 Å². The lowest BCUT2D eigenvalue weighted by molar-refractivity contribution is -0.131. The first-order valence-electron chi connectivity index (χ1n) is 11.5. The molecule has 6 nitrogen and oxygen atoms in total. The number of carbonyl (C=O) groups excluding carboxylic acids is 3. The fourth-order valence-corrected chi connectivity index (χ4v) is 4.95. The summed E-state index contributed by atoms with van der Waals surface area (Å²) in [5.74, 6) is -0.286. The van der Waals surface area contributed by atoms with Crippen molar-refractivity contribution < 1.29 is 14.4 Å². The molecule has 3 aromatic rings. The van der Waals surface area contributed by atoms with Crippen LogP contribution in [-0.2, 0) is 16.9 Å². The van der Waals surface area contributed by atoms with E-state index in [9.17, 15) is 14.4 Å². The van der Waals surface area contributed by atoms with Crippen LogP contribution in [0.5, 0.6) is 0 Å². The molecule has 0 saturated carbocycles. The zero-order valence-electron chi connectivity index (χ0n) is 18.7. The van der Waals surface area contributed by atoms with Gasteiger partial charge < -0.3 is 10.2 Å². The summed E-state index contributed by atoms with van der Waals surface area (Å²) in [4.78, 5) is 42.4. The van der Waals surface area contributed by atoms with Crippen LogP contribution in [0.4, 0.5) is 4.79 Å². The fourth-order valence-electron chi connectivity index (χ4n) is 4.95. The maximum atomic E-state index is 13.5. The molecule has 2 aliphatic rings. The van der Waals surface area contributed by atoms with Crippen molar-refractivity contribution >= 4 is 28.6 Å². The predicted octanol–water partition coefficient (Wildman–Crippen LogP) is 4.43. The van der Waals surface area contributed by atoms with E-state index in [2.05, 4.69) is 5.32 Å². The summed E-state index contributed by atoms with van der Waals surface area (Å²) >= 11 is 0. The van der Waals surface area contributed by atoms with Gasteiger partial charge in [0.05, 0.1) is 6.54 Å². The second-order valence-electron chi connectivity index (χ2n) is 9.03. The molecule has 0 spiro atoms. The van der Waals surface area contributed by atoms with E-state index in [4.69, 9.17) is 0 Å². The van der Waals surface area contributed by atoms with Crippen molar-refractivity contribution in [2.24, 2.45) is 0 Å². The first-order valence-corrected chi connectivity index (χ1v) is 11.5. The van der Waals surface area contributed by atoms with E-state index in [0.717, 1.165) is 54.3 Å². The minimum absolute atomic E-state index is 0.00865. The van der Waals surface area contributed by atoms with Gasteiger partial charge >= 0.3 is 6.03 Å². The van der Waals surface area contributed by atoms with Crippen LogP contribution in [0.1, 0.15) is 47.7 Å². The summed E-state index contributed by atoms with van der Waals surface area (Å²) in [5, 5.41) is 4.86. The van der Waals surface area contributed by atoms with Gasteiger partial charge in [0.25, 0.3) is 11.8 Å². The Balaban J connectivity index is 1.40. The summed E-state index contributed by atoms with van der Waals surface area (Å²) in [6.45, 7) is 3.43. The zero-order valence-corrected chi connectivity index (χ0v) is 18.7. The van der Waals surface area contributed by atoms with Gasteiger partial charge in [0.2, 0.25) is 0 Å². The van der Waals surface area contributed by atoms with Crippen molar-refractivity contribution in [1.29, 1.82) is 0 Å². The number of rotatable bonds is 4. The highest BCUT2D eigenvalue weighted by Gasteiger charge is 2.49. The number of urea groups is 1. The number of hydrogen-bond acceptors (Lipinski definition) is 3. The third-order valence-electron chi connectivity index (χ3n) is 6.76. The van der Waals surface area contributed by atoms with E-state index in [0.29, 0.717) is 5.56 Å². The first-order chi connectivity index (χ1) is 16.0. The van der Waals surface area contributed by atoms with Crippen molar-refractivity contribution in [1.82, 2.24) is 15.1 Å². The number of carbonyl (C=O) groups is 3. The predicted molar refractivity (Wildman–Crippen MR) is 127 cm³/mol.